The van der Waals surface area contributed by atoms with Gasteiger partial charge in [-0.25, -0.2) is 8.78 Å². The lowest BCUT2D eigenvalue weighted by Crippen LogP contribution is -2.30. The second kappa shape index (κ2) is 7.53. The van der Waals surface area contributed by atoms with Gasteiger partial charge in [-0.2, -0.15) is 13.2 Å². The number of rotatable bonds is 3. The maximum atomic E-state index is 14.2. The highest BCUT2D eigenvalue weighted by molar-refractivity contribution is 5.52. The molecule has 2 fully saturated rings. The van der Waals surface area contributed by atoms with E-state index in [0.717, 1.165) is 38.5 Å². The Hall–Kier alpha value is -1.65. The van der Waals surface area contributed by atoms with E-state index in [1.54, 1.807) is 0 Å². The summed E-state index contributed by atoms with van der Waals surface area (Å²) in [6.45, 7) is 3.88. The summed E-state index contributed by atoms with van der Waals surface area (Å²) in [4.78, 5) is 0. The summed E-state index contributed by atoms with van der Waals surface area (Å²) in [6.07, 6.45) is 3.90. The number of benzene rings is 1. The third-order valence-electron chi connectivity index (χ3n) is 6.00. The van der Waals surface area contributed by atoms with E-state index < -0.39 is 23.4 Å². The molecule has 0 aliphatic heterocycles. The Balaban J connectivity index is 1.75. The Morgan fingerprint density at radius 1 is 0.923 bits per heavy atom. The third kappa shape index (κ3) is 4.36. The molecule has 3 rings (SSSR count). The monoisotopic (exact) mass is 370 g/mol. The zero-order chi connectivity index (χ0) is 18.9. The molecule has 2 aliphatic rings. The van der Waals surface area contributed by atoms with Crippen LogP contribution >= 0.6 is 0 Å². The zero-order valence-electron chi connectivity index (χ0n) is 14.5. The number of hydrogen-bond donors (Lipinski definition) is 0. The van der Waals surface area contributed by atoms with Crippen LogP contribution in [-0.4, -0.2) is 6.18 Å². The smallest absolute Gasteiger partial charge is 0.206 e. The fourth-order valence-corrected chi connectivity index (χ4v) is 4.62. The average molecular weight is 370 g/mol. The topological polar surface area (TPSA) is 0 Å². The SMILES string of the molecule is C=CC1CCC2CC(c3cc(F)c(/C=C/C(F)(F)F)c(F)c3)CCC2C1. The largest absolute Gasteiger partial charge is 0.409 e. The minimum absolute atomic E-state index is 0.0705. The molecule has 0 heterocycles. The lowest BCUT2D eigenvalue weighted by atomic mass is 9.64. The molecule has 4 unspecified atom stereocenters. The van der Waals surface area contributed by atoms with Gasteiger partial charge in [0, 0.05) is 11.6 Å². The molecule has 0 bridgehead atoms. The quantitative estimate of drug-likeness (QED) is 0.396. The summed E-state index contributed by atoms with van der Waals surface area (Å²) in [5.41, 5.74) is -0.0697. The fourth-order valence-electron chi connectivity index (χ4n) is 4.62. The summed E-state index contributed by atoms with van der Waals surface area (Å²) in [7, 11) is 0. The third-order valence-corrected chi connectivity index (χ3v) is 6.00. The van der Waals surface area contributed by atoms with Crippen LogP contribution in [0.5, 0.6) is 0 Å². The second-order valence-corrected chi connectivity index (χ2v) is 7.61. The molecule has 0 saturated heterocycles. The molecule has 26 heavy (non-hydrogen) atoms. The molecular formula is C21H23F5. The van der Waals surface area contributed by atoms with Crippen molar-refractivity contribution >= 4 is 6.08 Å². The Morgan fingerprint density at radius 2 is 1.54 bits per heavy atom. The summed E-state index contributed by atoms with van der Waals surface area (Å²) in [5, 5.41) is 0. The van der Waals surface area contributed by atoms with Crippen LogP contribution in [0.15, 0.2) is 30.9 Å². The van der Waals surface area contributed by atoms with E-state index in [1.165, 1.54) is 12.1 Å². The van der Waals surface area contributed by atoms with Crippen molar-refractivity contribution in [3.8, 4) is 0 Å². The molecule has 0 spiro atoms. The van der Waals surface area contributed by atoms with E-state index in [1.807, 2.05) is 6.08 Å². The molecule has 5 heteroatoms. The Labute approximate surface area is 150 Å². The first-order valence-electron chi connectivity index (χ1n) is 9.14. The summed E-state index contributed by atoms with van der Waals surface area (Å²) in [6, 6.07) is 2.42. The number of alkyl halides is 3. The number of hydrogen-bond acceptors (Lipinski definition) is 0. The minimum Gasteiger partial charge on any atom is -0.206 e. The summed E-state index contributed by atoms with van der Waals surface area (Å²) in [5.74, 6) is -0.0212. The molecule has 0 N–H and O–H groups in total. The van der Waals surface area contributed by atoms with Crippen molar-refractivity contribution in [3.63, 3.8) is 0 Å². The van der Waals surface area contributed by atoms with Gasteiger partial charge in [-0.05, 0) is 86.0 Å². The van der Waals surface area contributed by atoms with E-state index in [-0.39, 0.29) is 12.0 Å². The Morgan fingerprint density at radius 3 is 2.15 bits per heavy atom. The maximum absolute atomic E-state index is 14.2. The molecule has 0 nitrogen and oxygen atoms in total. The second-order valence-electron chi connectivity index (χ2n) is 7.61. The van der Waals surface area contributed by atoms with Gasteiger partial charge in [0.2, 0.25) is 0 Å². The highest BCUT2D eigenvalue weighted by Gasteiger charge is 2.35. The summed E-state index contributed by atoms with van der Waals surface area (Å²) >= 11 is 0. The molecule has 2 aliphatic carbocycles. The van der Waals surface area contributed by atoms with Gasteiger partial charge in [0.25, 0.3) is 0 Å². The van der Waals surface area contributed by atoms with Crippen molar-refractivity contribution in [2.75, 3.05) is 0 Å². The van der Waals surface area contributed by atoms with Crippen molar-refractivity contribution in [2.45, 2.75) is 50.6 Å². The van der Waals surface area contributed by atoms with Crippen LogP contribution in [-0.2, 0) is 0 Å². The maximum Gasteiger partial charge on any atom is 0.409 e. The molecular weight excluding hydrogens is 347 g/mol. The number of halogens is 5. The van der Waals surface area contributed by atoms with E-state index in [9.17, 15) is 22.0 Å². The first-order chi connectivity index (χ1) is 12.3. The molecule has 0 amide bonds. The standard InChI is InChI=1S/C21H23F5/c1-2-13-3-4-15-10-16(6-5-14(15)9-13)17-11-19(22)18(20(23)12-17)7-8-21(24,25)26/h2,7-8,11-16H,1,3-6,9-10H2/b8-7+. The van der Waals surface area contributed by atoms with E-state index in [2.05, 4.69) is 6.58 Å². The lowest BCUT2D eigenvalue weighted by molar-refractivity contribution is -0.0790. The van der Waals surface area contributed by atoms with Crippen molar-refractivity contribution in [3.05, 3.63) is 53.6 Å². The van der Waals surface area contributed by atoms with Crippen molar-refractivity contribution < 1.29 is 22.0 Å². The van der Waals surface area contributed by atoms with Gasteiger partial charge in [-0.1, -0.05) is 6.08 Å². The first kappa shape index (κ1) is 19.1. The van der Waals surface area contributed by atoms with Crippen LogP contribution in [0.3, 0.4) is 0 Å². The summed E-state index contributed by atoms with van der Waals surface area (Å²) < 4.78 is 65.1. The van der Waals surface area contributed by atoms with Gasteiger partial charge in [0.05, 0.1) is 0 Å². The predicted octanol–water partition coefficient (Wildman–Crippen LogP) is 7.03. The molecule has 0 aromatic heterocycles. The van der Waals surface area contributed by atoms with Crippen LogP contribution in [0.4, 0.5) is 22.0 Å². The normalized spacial score (nSPS) is 29.6. The van der Waals surface area contributed by atoms with E-state index in [0.29, 0.717) is 29.4 Å². The van der Waals surface area contributed by atoms with Gasteiger partial charge in [-0.15, -0.1) is 6.58 Å². The lowest BCUT2D eigenvalue weighted by Gasteiger charge is -2.41. The molecule has 2 saturated carbocycles. The molecule has 1 aromatic rings. The predicted molar refractivity (Wildman–Crippen MR) is 92.6 cm³/mol. The van der Waals surface area contributed by atoms with Crippen molar-refractivity contribution in [1.82, 2.24) is 0 Å². The average Bonchev–Trinajstić information content (AvgIpc) is 2.59. The van der Waals surface area contributed by atoms with Crippen LogP contribution in [0, 0.1) is 29.4 Å². The number of allylic oxidation sites excluding steroid dienone is 2. The first-order valence-corrected chi connectivity index (χ1v) is 9.14. The zero-order valence-corrected chi connectivity index (χ0v) is 14.5. The molecule has 142 valence electrons. The van der Waals surface area contributed by atoms with Gasteiger partial charge in [-0.3, -0.25) is 0 Å². The van der Waals surface area contributed by atoms with E-state index >= 15 is 0 Å². The van der Waals surface area contributed by atoms with Crippen LogP contribution < -0.4 is 0 Å². The van der Waals surface area contributed by atoms with Crippen LogP contribution in [0.2, 0.25) is 0 Å². The molecule has 4 atom stereocenters. The van der Waals surface area contributed by atoms with Gasteiger partial charge in [0.1, 0.15) is 11.6 Å². The van der Waals surface area contributed by atoms with Crippen molar-refractivity contribution in [2.24, 2.45) is 17.8 Å². The van der Waals surface area contributed by atoms with Crippen LogP contribution in [0.1, 0.15) is 55.6 Å². The van der Waals surface area contributed by atoms with Gasteiger partial charge >= 0.3 is 6.18 Å². The highest BCUT2D eigenvalue weighted by Crippen LogP contribution is 2.48. The Bertz CT molecular complexity index is 665. The van der Waals surface area contributed by atoms with E-state index in [4.69, 9.17) is 0 Å². The highest BCUT2D eigenvalue weighted by atomic mass is 19.4. The van der Waals surface area contributed by atoms with Gasteiger partial charge in [0.15, 0.2) is 0 Å². The fraction of sp³-hybridized carbons (Fsp3) is 0.524. The number of fused-ring (bicyclic) bond motifs is 1. The molecule has 0 radical (unpaired) electrons. The Kier molecular flexibility index (Phi) is 5.54. The van der Waals surface area contributed by atoms with Crippen molar-refractivity contribution in [1.29, 1.82) is 0 Å². The van der Waals surface area contributed by atoms with Gasteiger partial charge < -0.3 is 0 Å². The van der Waals surface area contributed by atoms with Crippen LogP contribution in [0.25, 0.3) is 6.08 Å². The molecule has 1 aromatic carbocycles. The minimum atomic E-state index is -4.60.